The minimum atomic E-state index is -1.10. The highest BCUT2D eigenvalue weighted by atomic mass is 16.5. The molecular formula is C10H16O3. The van der Waals surface area contributed by atoms with E-state index in [9.17, 15) is 9.90 Å². The van der Waals surface area contributed by atoms with Gasteiger partial charge in [-0.25, -0.2) is 0 Å². The predicted molar refractivity (Wildman–Crippen MR) is 49.9 cm³/mol. The van der Waals surface area contributed by atoms with Crippen molar-refractivity contribution in [2.24, 2.45) is 0 Å². The van der Waals surface area contributed by atoms with Gasteiger partial charge in [0.05, 0.1) is 6.61 Å². The molecule has 0 saturated carbocycles. The van der Waals surface area contributed by atoms with E-state index >= 15 is 0 Å². The van der Waals surface area contributed by atoms with Crippen LogP contribution in [0.25, 0.3) is 0 Å². The third kappa shape index (κ3) is 6.18. The molecule has 0 aliphatic rings. The van der Waals surface area contributed by atoms with E-state index in [0.717, 1.165) is 0 Å². The van der Waals surface area contributed by atoms with Crippen LogP contribution in [-0.2, 0) is 9.53 Å². The Hall–Kier alpha value is -1.01. The van der Waals surface area contributed by atoms with Crippen LogP contribution in [0.5, 0.6) is 0 Å². The van der Waals surface area contributed by atoms with E-state index in [1.807, 2.05) is 0 Å². The number of terminal acetylenes is 1. The topological polar surface area (TPSA) is 46.5 Å². The molecule has 0 aromatic rings. The van der Waals surface area contributed by atoms with Gasteiger partial charge in [-0.2, -0.15) is 0 Å². The zero-order valence-corrected chi connectivity index (χ0v) is 8.17. The van der Waals surface area contributed by atoms with Gasteiger partial charge in [0.2, 0.25) is 0 Å². The van der Waals surface area contributed by atoms with Crippen molar-refractivity contribution in [2.45, 2.75) is 38.7 Å². The lowest BCUT2D eigenvalue weighted by Crippen LogP contribution is -2.21. The highest BCUT2D eigenvalue weighted by molar-refractivity contribution is 5.69. The molecule has 0 aliphatic carbocycles. The molecule has 0 radical (unpaired) electrons. The summed E-state index contributed by atoms with van der Waals surface area (Å²) in [5, 5.41) is 9.38. The van der Waals surface area contributed by atoms with E-state index in [1.54, 1.807) is 13.8 Å². The van der Waals surface area contributed by atoms with Crippen molar-refractivity contribution >= 4 is 5.97 Å². The van der Waals surface area contributed by atoms with Crippen molar-refractivity contribution in [3.63, 3.8) is 0 Å². The Balaban J connectivity index is 3.57. The quantitative estimate of drug-likeness (QED) is 0.514. The number of hydrogen-bond donors (Lipinski definition) is 1. The summed E-state index contributed by atoms with van der Waals surface area (Å²) in [6, 6.07) is 0. The molecular weight excluding hydrogens is 168 g/mol. The fourth-order valence-corrected chi connectivity index (χ4v) is 0.882. The number of carbonyl (C=O) groups excluding carboxylic acids is 1. The molecule has 1 N–H and O–H groups in total. The molecule has 1 atom stereocenters. The first-order valence-electron chi connectivity index (χ1n) is 4.37. The van der Waals surface area contributed by atoms with Crippen molar-refractivity contribution in [3.05, 3.63) is 0 Å². The SMILES string of the molecule is C#CC(C)(O)CCCC(=O)OCC. The van der Waals surface area contributed by atoms with Crippen LogP contribution >= 0.6 is 0 Å². The predicted octanol–water partition coefficient (Wildman–Crippen LogP) is 1.10. The molecule has 74 valence electrons. The molecule has 0 aromatic carbocycles. The summed E-state index contributed by atoms with van der Waals surface area (Å²) in [5.41, 5.74) is -1.10. The minimum absolute atomic E-state index is 0.240. The molecule has 0 bridgehead atoms. The van der Waals surface area contributed by atoms with Crippen LogP contribution in [0.15, 0.2) is 0 Å². The summed E-state index contributed by atoms with van der Waals surface area (Å²) < 4.78 is 4.72. The maximum absolute atomic E-state index is 10.9. The van der Waals surface area contributed by atoms with Gasteiger partial charge in [0, 0.05) is 6.42 Å². The number of rotatable bonds is 5. The summed E-state index contributed by atoms with van der Waals surface area (Å²) in [4.78, 5) is 10.9. The lowest BCUT2D eigenvalue weighted by Gasteiger charge is -2.14. The minimum Gasteiger partial charge on any atom is -0.466 e. The van der Waals surface area contributed by atoms with Crippen LogP contribution in [0.4, 0.5) is 0 Å². The average Bonchev–Trinajstić information content (AvgIpc) is 2.05. The van der Waals surface area contributed by atoms with E-state index in [1.165, 1.54) is 0 Å². The van der Waals surface area contributed by atoms with Crippen molar-refractivity contribution in [1.82, 2.24) is 0 Å². The number of aliphatic hydroxyl groups is 1. The highest BCUT2D eigenvalue weighted by Gasteiger charge is 2.16. The van der Waals surface area contributed by atoms with Crippen LogP contribution in [-0.4, -0.2) is 23.3 Å². The second kappa shape index (κ2) is 5.60. The van der Waals surface area contributed by atoms with Crippen molar-refractivity contribution in [2.75, 3.05) is 6.61 Å². The van der Waals surface area contributed by atoms with E-state index in [4.69, 9.17) is 11.2 Å². The Morgan fingerprint density at radius 2 is 2.31 bits per heavy atom. The Bertz CT molecular complexity index is 201. The maximum atomic E-state index is 10.9. The van der Waals surface area contributed by atoms with Gasteiger partial charge < -0.3 is 9.84 Å². The van der Waals surface area contributed by atoms with Gasteiger partial charge in [0.1, 0.15) is 5.60 Å². The molecule has 0 aromatic heterocycles. The third-order valence-corrected chi connectivity index (χ3v) is 1.66. The van der Waals surface area contributed by atoms with Gasteiger partial charge in [0.25, 0.3) is 0 Å². The monoisotopic (exact) mass is 184 g/mol. The van der Waals surface area contributed by atoms with E-state index in [2.05, 4.69) is 5.92 Å². The van der Waals surface area contributed by atoms with Crippen molar-refractivity contribution in [1.29, 1.82) is 0 Å². The summed E-state index contributed by atoms with van der Waals surface area (Å²) in [6.45, 7) is 3.71. The molecule has 3 nitrogen and oxygen atoms in total. The first kappa shape index (κ1) is 12.0. The number of carbonyl (C=O) groups is 1. The van der Waals surface area contributed by atoms with Crippen LogP contribution in [0.1, 0.15) is 33.1 Å². The fraction of sp³-hybridized carbons (Fsp3) is 0.700. The van der Waals surface area contributed by atoms with Crippen molar-refractivity contribution in [3.8, 4) is 12.3 Å². The van der Waals surface area contributed by atoms with E-state index < -0.39 is 5.60 Å². The van der Waals surface area contributed by atoms with E-state index in [0.29, 0.717) is 25.9 Å². The van der Waals surface area contributed by atoms with Crippen LogP contribution in [0.2, 0.25) is 0 Å². The molecule has 0 spiro atoms. The van der Waals surface area contributed by atoms with Gasteiger partial charge >= 0.3 is 5.97 Å². The highest BCUT2D eigenvalue weighted by Crippen LogP contribution is 2.12. The summed E-state index contributed by atoms with van der Waals surface area (Å²) in [7, 11) is 0. The second-order valence-corrected chi connectivity index (χ2v) is 3.08. The molecule has 0 heterocycles. The molecule has 0 fully saturated rings. The van der Waals surface area contributed by atoms with Crippen LogP contribution < -0.4 is 0 Å². The van der Waals surface area contributed by atoms with Crippen LogP contribution in [0, 0.1) is 12.3 Å². The first-order chi connectivity index (χ1) is 6.02. The van der Waals surface area contributed by atoms with Gasteiger partial charge in [-0.3, -0.25) is 4.79 Å². The zero-order valence-electron chi connectivity index (χ0n) is 8.17. The summed E-state index contributed by atoms with van der Waals surface area (Å²) >= 11 is 0. The molecule has 0 aliphatic heterocycles. The fourth-order valence-electron chi connectivity index (χ4n) is 0.882. The average molecular weight is 184 g/mol. The smallest absolute Gasteiger partial charge is 0.305 e. The number of ether oxygens (including phenoxy) is 1. The second-order valence-electron chi connectivity index (χ2n) is 3.08. The standard InChI is InChI=1S/C10H16O3/c1-4-10(3,12)8-6-7-9(11)13-5-2/h1,12H,5-8H2,2-3H3. The van der Waals surface area contributed by atoms with E-state index in [-0.39, 0.29) is 5.97 Å². The number of esters is 1. The maximum Gasteiger partial charge on any atom is 0.305 e. The summed E-state index contributed by atoms with van der Waals surface area (Å²) in [5.74, 6) is 2.01. The summed E-state index contributed by atoms with van der Waals surface area (Å²) in [6.07, 6.45) is 6.35. The Labute approximate surface area is 79.1 Å². The molecule has 3 heteroatoms. The van der Waals surface area contributed by atoms with Gasteiger partial charge in [0.15, 0.2) is 0 Å². The lowest BCUT2D eigenvalue weighted by molar-refractivity contribution is -0.143. The lowest BCUT2D eigenvalue weighted by atomic mass is 10.0. The Morgan fingerprint density at radius 3 is 2.77 bits per heavy atom. The third-order valence-electron chi connectivity index (χ3n) is 1.66. The molecule has 0 amide bonds. The van der Waals surface area contributed by atoms with Crippen molar-refractivity contribution < 1.29 is 14.6 Å². The molecule has 13 heavy (non-hydrogen) atoms. The normalized spacial score (nSPS) is 14.3. The largest absolute Gasteiger partial charge is 0.466 e. The first-order valence-corrected chi connectivity index (χ1v) is 4.37. The zero-order chi connectivity index (χ0) is 10.3. The number of hydrogen-bond acceptors (Lipinski definition) is 3. The van der Waals surface area contributed by atoms with Gasteiger partial charge in [-0.1, -0.05) is 5.92 Å². The molecule has 0 rings (SSSR count). The van der Waals surface area contributed by atoms with Crippen LogP contribution in [0.3, 0.4) is 0 Å². The molecule has 1 unspecified atom stereocenters. The van der Waals surface area contributed by atoms with Gasteiger partial charge in [-0.15, -0.1) is 6.42 Å². The Kier molecular flexibility index (Phi) is 5.17. The van der Waals surface area contributed by atoms with Gasteiger partial charge in [-0.05, 0) is 26.7 Å². The molecule has 0 saturated heterocycles. The Morgan fingerprint density at radius 1 is 1.69 bits per heavy atom.